The second kappa shape index (κ2) is 3.93. The molecule has 84 valence electrons. The lowest BCUT2D eigenvalue weighted by atomic mass is 10.1. The van der Waals surface area contributed by atoms with Crippen LogP contribution in [0.15, 0.2) is 39.7 Å². The summed E-state index contributed by atoms with van der Waals surface area (Å²) in [4.78, 5) is 4.09. The minimum absolute atomic E-state index is 0.294. The fourth-order valence-corrected chi connectivity index (χ4v) is 1.49. The van der Waals surface area contributed by atoms with Gasteiger partial charge in [0, 0.05) is 21.5 Å². The van der Waals surface area contributed by atoms with Gasteiger partial charge in [-0.05, 0) is 12.1 Å². The Morgan fingerprint density at radius 2 is 1.75 bits per heavy atom. The van der Waals surface area contributed by atoms with Crippen molar-refractivity contribution in [2.75, 3.05) is 0 Å². The monoisotopic (exact) mass is 291 g/mol. The SMILES string of the molecule is FC(F)(F)c1ccc(-c2cnc(Br)o2)cc1. The van der Waals surface area contributed by atoms with Gasteiger partial charge < -0.3 is 4.42 Å². The van der Waals surface area contributed by atoms with Crippen LogP contribution in [0.3, 0.4) is 0 Å². The van der Waals surface area contributed by atoms with Crippen LogP contribution in [0.2, 0.25) is 0 Å². The van der Waals surface area contributed by atoms with Gasteiger partial charge in [0.2, 0.25) is 0 Å². The molecule has 0 N–H and O–H groups in total. The lowest BCUT2D eigenvalue weighted by molar-refractivity contribution is -0.137. The molecule has 0 radical (unpaired) electrons. The molecule has 0 atom stereocenters. The van der Waals surface area contributed by atoms with Crippen molar-refractivity contribution in [1.82, 2.24) is 4.98 Å². The summed E-state index contributed by atoms with van der Waals surface area (Å²) in [6.07, 6.45) is -2.88. The highest BCUT2D eigenvalue weighted by atomic mass is 79.9. The smallest absolute Gasteiger partial charge is 0.416 e. The Morgan fingerprint density at radius 3 is 2.19 bits per heavy atom. The number of hydrogen-bond acceptors (Lipinski definition) is 2. The fourth-order valence-electron chi connectivity index (χ4n) is 1.21. The number of rotatable bonds is 1. The molecule has 0 aliphatic heterocycles. The Bertz CT molecular complexity index is 490. The number of alkyl halides is 3. The number of benzene rings is 1. The zero-order valence-electron chi connectivity index (χ0n) is 7.75. The second-order valence-electron chi connectivity index (χ2n) is 3.05. The van der Waals surface area contributed by atoms with E-state index in [2.05, 4.69) is 20.9 Å². The third kappa shape index (κ3) is 2.27. The molecule has 16 heavy (non-hydrogen) atoms. The van der Waals surface area contributed by atoms with Crippen molar-refractivity contribution in [2.45, 2.75) is 6.18 Å². The first kappa shape index (κ1) is 11.2. The third-order valence-corrected chi connectivity index (χ3v) is 2.34. The number of aromatic nitrogens is 1. The standard InChI is InChI=1S/C10H5BrF3NO/c11-9-15-5-8(16-9)6-1-3-7(4-2-6)10(12,13)14/h1-5H. The van der Waals surface area contributed by atoms with Crippen LogP contribution in [0.25, 0.3) is 11.3 Å². The molecule has 0 bridgehead atoms. The molecule has 0 amide bonds. The fraction of sp³-hybridized carbons (Fsp3) is 0.100. The summed E-state index contributed by atoms with van der Waals surface area (Å²) >= 11 is 3.02. The van der Waals surface area contributed by atoms with Gasteiger partial charge in [-0.2, -0.15) is 13.2 Å². The van der Waals surface area contributed by atoms with Crippen molar-refractivity contribution >= 4 is 15.9 Å². The van der Waals surface area contributed by atoms with Crippen LogP contribution in [0, 0.1) is 0 Å². The second-order valence-corrected chi connectivity index (χ2v) is 3.73. The molecule has 2 aromatic rings. The predicted octanol–water partition coefficient (Wildman–Crippen LogP) is 4.12. The molecule has 0 fully saturated rings. The van der Waals surface area contributed by atoms with Crippen LogP contribution in [0.5, 0.6) is 0 Å². The van der Waals surface area contributed by atoms with Gasteiger partial charge in [-0.3, -0.25) is 0 Å². The molecule has 0 spiro atoms. The first-order valence-electron chi connectivity index (χ1n) is 4.26. The molecular weight excluding hydrogens is 287 g/mol. The maximum absolute atomic E-state index is 12.3. The Balaban J connectivity index is 2.33. The first-order chi connectivity index (χ1) is 7.47. The molecule has 2 rings (SSSR count). The summed E-state index contributed by atoms with van der Waals surface area (Å²) in [5.41, 5.74) is -0.138. The average molecular weight is 292 g/mol. The van der Waals surface area contributed by atoms with Crippen molar-refractivity contribution in [1.29, 1.82) is 0 Å². The van der Waals surface area contributed by atoms with E-state index in [0.29, 0.717) is 16.1 Å². The van der Waals surface area contributed by atoms with E-state index in [1.165, 1.54) is 18.3 Å². The van der Waals surface area contributed by atoms with E-state index < -0.39 is 11.7 Å². The van der Waals surface area contributed by atoms with E-state index in [1.54, 1.807) is 0 Å². The van der Waals surface area contributed by atoms with Crippen LogP contribution in [0.4, 0.5) is 13.2 Å². The van der Waals surface area contributed by atoms with E-state index in [4.69, 9.17) is 4.42 Å². The van der Waals surface area contributed by atoms with E-state index in [9.17, 15) is 13.2 Å². The maximum atomic E-state index is 12.3. The molecule has 0 saturated heterocycles. The van der Waals surface area contributed by atoms with Crippen molar-refractivity contribution in [3.63, 3.8) is 0 Å². The van der Waals surface area contributed by atoms with Gasteiger partial charge in [0.1, 0.15) is 0 Å². The zero-order chi connectivity index (χ0) is 11.8. The number of oxazole rings is 1. The zero-order valence-corrected chi connectivity index (χ0v) is 9.34. The summed E-state index contributed by atoms with van der Waals surface area (Å²) in [5.74, 6) is 0.417. The highest BCUT2D eigenvalue weighted by Crippen LogP contribution is 2.31. The van der Waals surface area contributed by atoms with Gasteiger partial charge in [0.25, 0.3) is 4.80 Å². The van der Waals surface area contributed by atoms with Crippen LogP contribution in [-0.4, -0.2) is 4.98 Å². The van der Waals surface area contributed by atoms with Gasteiger partial charge in [-0.1, -0.05) is 12.1 Å². The number of halogens is 4. The lowest BCUT2D eigenvalue weighted by Crippen LogP contribution is -2.03. The normalized spacial score (nSPS) is 11.8. The highest BCUT2D eigenvalue weighted by Gasteiger charge is 2.30. The Labute approximate surface area is 97.2 Å². The predicted molar refractivity (Wildman–Crippen MR) is 54.6 cm³/mol. The summed E-state index contributed by atoms with van der Waals surface area (Å²) in [7, 11) is 0. The molecule has 0 saturated carbocycles. The summed E-state index contributed by atoms with van der Waals surface area (Å²) in [6.45, 7) is 0. The van der Waals surface area contributed by atoms with E-state index in [0.717, 1.165) is 12.1 Å². The largest absolute Gasteiger partial charge is 0.431 e. The number of nitrogens with zero attached hydrogens (tertiary/aromatic N) is 1. The topological polar surface area (TPSA) is 26.0 Å². The van der Waals surface area contributed by atoms with Crippen LogP contribution in [-0.2, 0) is 6.18 Å². The summed E-state index contributed by atoms with van der Waals surface area (Å²) in [6, 6.07) is 4.70. The highest BCUT2D eigenvalue weighted by molar-refractivity contribution is 9.10. The molecule has 1 aromatic carbocycles. The van der Waals surface area contributed by atoms with Gasteiger partial charge in [-0.25, -0.2) is 4.98 Å². The molecule has 0 unspecified atom stereocenters. The van der Waals surface area contributed by atoms with Gasteiger partial charge in [-0.15, -0.1) is 0 Å². The molecule has 0 aliphatic carbocycles. The minimum Gasteiger partial charge on any atom is -0.431 e. The van der Waals surface area contributed by atoms with Gasteiger partial charge >= 0.3 is 6.18 Å². The van der Waals surface area contributed by atoms with Crippen molar-refractivity contribution < 1.29 is 17.6 Å². The van der Waals surface area contributed by atoms with E-state index >= 15 is 0 Å². The third-order valence-electron chi connectivity index (χ3n) is 1.97. The van der Waals surface area contributed by atoms with Crippen molar-refractivity contribution in [3.8, 4) is 11.3 Å². The first-order valence-corrected chi connectivity index (χ1v) is 5.05. The molecule has 1 heterocycles. The van der Waals surface area contributed by atoms with Crippen molar-refractivity contribution in [3.05, 3.63) is 40.8 Å². The number of hydrogen-bond donors (Lipinski definition) is 0. The van der Waals surface area contributed by atoms with Crippen molar-refractivity contribution in [2.24, 2.45) is 0 Å². The summed E-state index contributed by atoms with van der Waals surface area (Å²) < 4.78 is 42.0. The van der Waals surface area contributed by atoms with E-state index in [-0.39, 0.29) is 0 Å². The maximum Gasteiger partial charge on any atom is 0.416 e. The Kier molecular flexibility index (Phi) is 2.75. The molecule has 0 aliphatic rings. The molecule has 6 heteroatoms. The van der Waals surface area contributed by atoms with E-state index in [1.807, 2.05) is 0 Å². The van der Waals surface area contributed by atoms with Gasteiger partial charge in [0.15, 0.2) is 5.76 Å². The minimum atomic E-state index is -4.32. The molecular formula is C10H5BrF3NO. The van der Waals surface area contributed by atoms with Crippen LogP contribution in [0.1, 0.15) is 5.56 Å². The van der Waals surface area contributed by atoms with Gasteiger partial charge in [0.05, 0.1) is 11.8 Å². The Morgan fingerprint density at radius 1 is 1.12 bits per heavy atom. The lowest BCUT2D eigenvalue weighted by Gasteiger charge is -2.06. The molecule has 1 aromatic heterocycles. The van der Waals surface area contributed by atoms with Crippen LogP contribution < -0.4 is 0 Å². The summed E-state index contributed by atoms with van der Waals surface area (Å²) in [5, 5.41) is 0. The van der Waals surface area contributed by atoms with Crippen LogP contribution >= 0.6 is 15.9 Å². The Hall–Kier alpha value is -1.30. The quantitative estimate of drug-likeness (QED) is 0.790. The molecule has 2 nitrogen and oxygen atoms in total. The average Bonchev–Trinajstić information content (AvgIpc) is 2.64.